The number of hydrogen-bond acceptors (Lipinski definition) is 2. The van der Waals surface area contributed by atoms with Crippen molar-refractivity contribution in [3.63, 3.8) is 0 Å². The summed E-state index contributed by atoms with van der Waals surface area (Å²) in [6.45, 7) is 0. The highest BCUT2D eigenvalue weighted by molar-refractivity contribution is 7.97. The summed E-state index contributed by atoms with van der Waals surface area (Å²) in [5, 5.41) is -0.126. The third-order valence-electron chi connectivity index (χ3n) is 5.58. The molecule has 5 rings (SSSR count). The molecule has 0 atom stereocenters. The van der Waals surface area contributed by atoms with Crippen LogP contribution in [0, 0.1) is 17.8 Å². The fourth-order valence-corrected chi connectivity index (χ4v) is 5.58. The fourth-order valence-electron chi connectivity index (χ4n) is 5.40. The van der Waals surface area contributed by atoms with Crippen LogP contribution in [0.3, 0.4) is 0 Å². The van der Waals surface area contributed by atoms with Crippen molar-refractivity contribution in [3.05, 3.63) is 29.6 Å². The van der Waals surface area contributed by atoms with Crippen LogP contribution in [0.4, 0.5) is 0 Å². The zero-order chi connectivity index (χ0) is 13.0. The molecule has 4 fully saturated rings. The van der Waals surface area contributed by atoms with Gasteiger partial charge in [-0.15, -0.1) is 12.6 Å². The van der Waals surface area contributed by atoms with E-state index < -0.39 is 0 Å². The van der Waals surface area contributed by atoms with E-state index in [1.807, 2.05) is 18.3 Å². The Morgan fingerprint density at radius 3 is 2.26 bits per heavy atom. The lowest BCUT2D eigenvalue weighted by atomic mass is 9.48. The van der Waals surface area contributed by atoms with E-state index in [0.29, 0.717) is 0 Å². The highest BCUT2D eigenvalue weighted by atomic mass is 32.1. The van der Waals surface area contributed by atoms with Crippen molar-refractivity contribution >= 4 is 17.7 Å². The van der Waals surface area contributed by atoms with Crippen LogP contribution < -0.4 is 0 Å². The molecule has 100 valence electrons. The van der Waals surface area contributed by atoms with Crippen LogP contribution in [-0.4, -0.2) is 10.1 Å². The minimum atomic E-state index is -0.126. The molecule has 0 aliphatic heterocycles. The molecule has 0 spiro atoms. The van der Waals surface area contributed by atoms with Crippen LogP contribution in [0.2, 0.25) is 0 Å². The largest absolute Gasteiger partial charge is 0.282 e. The molecular weight excluding hydrogens is 254 g/mol. The van der Waals surface area contributed by atoms with Crippen molar-refractivity contribution in [3.8, 4) is 0 Å². The van der Waals surface area contributed by atoms with Gasteiger partial charge in [-0.3, -0.25) is 9.78 Å². The van der Waals surface area contributed by atoms with Crippen LogP contribution in [0.25, 0.3) is 0 Å². The Balaban J connectivity index is 1.82. The summed E-state index contributed by atoms with van der Waals surface area (Å²) in [6, 6.07) is 3.75. The molecule has 4 aliphatic carbocycles. The Morgan fingerprint density at radius 2 is 1.74 bits per heavy atom. The van der Waals surface area contributed by atoms with Crippen LogP contribution in [-0.2, 0) is 5.41 Å². The summed E-state index contributed by atoms with van der Waals surface area (Å²) in [4.78, 5) is 16.4. The molecule has 0 radical (unpaired) electrons. The second kappa shape index (κ2) is 4.08. The lowest BCUT2D eigenvalue weighted by Gasteiger charge is -2.56. The summed E-state index contributed by atoms with van der Waals surface area (Å²) < 4.78 is 0. The number of hydrogen-bond donors (Lipinski definition) is 1. The smallest absolute Gasteiger partial charge is 0.218 e. The van der Waals surface area contributed by atoms with Crippen molar-refractivity contribution < 1.29 is 4.79 Å². The standard InChI is InChI=1S/C16H19NOS/c18-15(19)13-2-1-3-17-14(13)16-7-10-4-11(8-16)6-12(5-10)9-16/h1-3,10-12H,4-9H2,(H,18,19). The fraction of sp³-hybridized carbons (Fsp3) is 0.625. The first-order chi connectivity index (χ1) is 9.16. The van der Waals surface area contributed by atoms with Gasteiger partial charge in [0.2, 0.25) is 5.12 Å². The summed E-state index contributed by atoms with van der Waals surface area (Å²) in [5.74, 6) is 2.61. The zero-order valence-corrected chi connectivity index (χ0v) is 11.9. The van der Waals surface area contributed by atoms with Crippen LogP contribution in [0.15, 0.2) is 18.3 Å². The van der Waals surface area contributed by atoms with Crippen molar-refractivity contribution in [1.29, 1.82) is 0 Å². The van der Waals surface area contributed by atoms with E-state index in [0.717, 1.165) is 29.0 Å². The van der Waals surface area contributed by atoms with E-state index in [1.165, 1.54) is 38.5 Å². The first-order valence-electron chi connectivity index (χ1n) is 7.35. The van der Waals surface area contributed by atoms with E-state index >= 15 is 0 Å². The van der Waals surface area contributed by atoms with Gasteiger partial charge >= 0.3 is 0 Å². The summed E-state index contributed by atoms with van der Waals surface area (Å²) >= 11 is 4.05. The number of carbonyl (C=O) groups is 1. The summed E-state index contributed by atoms with van der Waals surface area (Å²) in [5.41, 5.74) is 1.98. The monoisotopic (exact) mass is 273 g/mol. The van der Waals surface area contributed by atoms with Crippen LogP contribution >= 0.6 is 12.6 Å². The molecule has 4 saturated carbocycles. The number of aromatic nitrogens is 1. The molecule has 3 heteroatoms. The molecule has 4 aliphatic rings. The molecule has 1 aromatic heterocycles. The van der Waals surface area contributed by atoms with Gasteiger partial charge in [-0.2, -0.15) is 0 Å². The number of carbonyl (C=O) groups excluding carboxylic acids is 1. The lowest BCUT2D eigenvalue weighted by Crippen LogP contribution is -2.49. The number of pyridine rings is 1. The second-order valence-corrected chi connectivity index (χ2v) is 7.31. The number of thiol groups is 1. The van der Waals surface area contributed by atoms with Crippen molar-refractivity contribution in [2.24, 2.45) is 17.8 Å². The van der Waals surface area contributed by atoms with E-state index in [-0.39, 0.29) is 10.5 Å². The van der Waals surface area contributed by atoms with Gasteiger partial charge in [-0.25, -0.2) is 0 Å². The SMILES string of the molecule is O=C(S)c1cccnc1C12CC3CC(CC(C3)C1)C2. The topological polar surface area (TPSA) is 30.0 Å². The van der Waals surface area contributed by atoms with E-state index in [4.69, 9.17) is 0 Å². The summed E-state index contributed by atoms with van der Waals surface area (Å²) in [7, 11) is 0. The third kappa shape index (κ3) is 1.78. The van der Waals surface area contributed by atoms with E-state index in [1.54, 1.807) is 0 Å². The highest BCUT2D eigenvalue weighted by Crippen LogP contribution is 2.60. The van der Waals surface area contributed by atoms with Gasteiger partial charge in [0.1, 0.15) is 0 Å². The molecule has 4 bridgehead atoms. The molecule has 1 heterocycles. The molecular formula is C16H19NOS. The molecule has 0 saturated heterocycles. The zero-order valence-electron chi connectivity index (χ0n) is 11.0. The normalized spacial score (nSPS) is 39.5. The molecule has 1 aromatic rings. The first-order valence-corrected chi connectivity index (χ1v) is 7.80. The maximum absolute atomic E-state index is 11.8. The van der Waals surface area contributed by atoms with Gasteiger partial charge in [0.15, 0.2) is 0 Å². The summed E-state index contributed by atoms with van der Waals surface area (Å²) in [6.07, 6.45) is 9.80. The van der Waals surface area contributed by atoms with Gasteiger partial charge in [0.05, 0.1) is 11.3 Å². The Bertz CT molecular complexity index is 504. The van der Waals surface area contributed by atoms with E-state index in [2.05, 4.69) is 17.6 Å². The highest BCUT2D eigenvalue weighted by Gasteiger charge is 2.53. The third-order valence-corrected chi connectivity index (χ3v) is 5.82. The lowest BCUT2D eigenvalue weighted by molar-refractivity contribution is -0.00748. The second-order valence-electron chi connectivity index (χ2n) is 6.90. The molecule has 0 amide bonds. The molecule has 19 heavy (non-hydrogen) atoms. The van der Waals surface area contributed by atoms with Crippen molar-refractivity contribution in [2.75, 3.05) is 0 Å². The Hall–Kier alpha value is -0.830. The average molecular weight is 273 g/mol. The quantitative estimate of drug-likeness (QED) is 0.834. The minimum Gasteiger partial charge on any atom is -0.282 e. The van der Waals surface area contributed by atoms with E-state index in [9.17, 15) is 4.79 Å². The minimum absolute atomic E-state index is 0.126. The van der Waals surface area contributed by atoms with Crippen LogP contribution in [0.5, 0.6) is 0 Å². The maximum Gasteiger partial charge on any atom is 0.218 e. The Kier molecular flexibility index (Phi) is 2.57. The van der Waals surface area contributed by atoms with Gasteiger partial charge in [0.25, 0.3) is 0 Å². The molecule has 0 aromatic carbocycles. The molecule has 2 nitrogen and oxygen atoms in total. The number of nitrogens with zero attached hydrogens (tertiary/aromatic N) is 1. The average Bonchev–Trinajstić information content (AvgIpc) is 2.37. The van der Waals surface area contributed by atoms with Gasteiger partial charge in [-0.05, 0) is 68.4 Å². The maximum atomic E-state index is 11.8. The van der Waals surface area contributed by atoms with Gasteiger partial charge < -0.3 is 0 Å². The van der Waals surface area contributed by atoms with Crippen molar-refractivity contribution in [2.45, 2.75) is 43.9 Å². The van der Waals surface area contributed by atoms with Gasteiger partial charge in [0, 0.05) is 11.6 Å². The molecule has 0 N–H and O–H groups in total. The predicted molar refractivity (Wildman–Crippen MR) is 77.4 cm³/mol. The molecule has 0 unspecified atom stereocenters. The van der Waals surface area contributed by atoms with Crippen LogP contribution in [0.1, 0.15) is 54.6 Å². The Morgan fingerprint density at radius 1 is 1.16 bits per heavy atom. The Labute approximate surface area is 119 Å². The first kappa shape index (κ1) is 12.0. The number of rotatable bonds is 2. The van der Waals surface area contributed by atoms with Gasteiger partial charge in [-0.1, -0.05) is 0 Å². The van der Waals surface area contributed by atoms with Crippen molar-refractivity contribution in [1.82, 2.24) is 4.98 Å². The predicted octanol–water partition coefficient (Wildman–Crippen LogP) is 3.62.